The van der Waals surface area contributed by atoms with Crippen molar-refractivity contribution in [3.05, 3.63) is 12.7 Å². The summed E-state index contributed by atoms with van der Waals surface area (Å²) >= 11 is 0. The number of likely N-dealkylation sites (N-methyl/N-ethyl adjacent to an activating group) is 1. The van der Waals surface area contributed by atoms with Gasteiger partial charge >= 0.3 is 5.90 Å². The molecule has 50 valence electrons. The van der Waals surface area contributed by atoms with Crippen molar-refractivity contribution in [2.45, 2.75) is 6.42 Å². The summed E-state index contributed by atoms with van der Waals surface area (Å²) in [5.74, 6) is 1.05. The summed E-state index contributed by atoms with van der Waals surface area (Å²) in [6, 6.07) is 0. The Morgan fingerprint density at radius 1 is 1.89 bits per heavy atom. The zero-order valence-electron chi connectivity index (χ0n) is 5.76. The van der Waals surface area contributed by atoms with Crippen LogP contribution in [0, 0.1) is 0 Å². The van der Waals surface area contributed by atoms with Crippen LogP contribution in [0.5, 0.6) is 0 Å². The zero-order chi connectivity index (χ0) is 6.69. The Hall–Kier alpha value is -0.790. The lowest BCUT2D eigenvalue weighted by molar-refractivity contribution is -0.487. The third-order valence-electron chi connectivity index (χ3n) is 1.44. The third-order valence-corrected chi connectivity index (χ3v) is 1.44. The first-order valence-corrected chi connectivity index (χ1v) is 3.15. The molecule has 0 aliphatic carbocycles. The fourth-order valence-electron chi connectivity index (χ4n) is 0.874. The van der Waals surface area contributed by atoms with Crippen molar-refractivity contribution in [3.8, 4) is 0 Å². The largest absolute Gasteiger partial charge is 0.441 e. The summed E-state index contributed by atoms with van der Waals surface area (Å²) in [7, 11) is 2.03. The summed E-state index contributed by atoms with van der Waals surface area (Å²) in [6.45, 7) is 5.48. The third kappa shape index (κ3) is 1.31. The molecule has 0 fully saturated rings. The maximum Gasteiger partial charge on any atom is 0.340 e. The molecule has 1 aliphatic rings. The van der Waals surface area contributed by atoms with Crippen molar-refractivity contribution in [1.82, 2.24) is 0 Å². The Morgan fingerprint density at radius 2 is 2.67 bits per heavy atom. The smallest absolute Gasteiger partial charge is 0.340 e. The van der Waals surface area contributed by atoms with Crippen molar-refractivity contribution < 1.29 is 9.31 Å². The second-order valence-corrected chi connectivity index (χ2v) is 2.16. The van der Waals surface area contributed by atoms with Gasteiger partial charge in [0.15, 0.2) is 13.2 Å². The molecule has 2 heteroatoms. The van der Waals surface area contributed by atoms with Crippen molar-refractivity contribution in [1.29, 1.82) is 0 Å². The van der Waals surface area contributed by atoms with Crippen molar-refractivity contribution in [2.24, 2.45) is 0 Å². The molecule has 0 saturated heterocycles. The summed E-state index contributed by atoms with van der Waals surface area (Å²) in [5.41, 5.74) is 0. The van der Waals surface area contributed by atoms with Gasteiger partial charge in [0.25, 0.3) is 0 Å². The monoisotopic (exact) mass is 126 g/mol. The van der Waals surface area contributed by atoms with E-state index >= 15 is 0 Å². The summed E-state index contributed by atoms with van der Waals surface area (Å²) in [6.07, 6.45) is 2.72. The Morgan fingerprint density at radius 3 is 3.11 bits per heavy atom. The molecule has 0 spiro atoms. The number of hydrogen-bond acceptors (Lipinski definition) is 1. The van der Waals surface area contributed by atoms with Gasteiger partial charge in [0.1, 0.15) is 7.05 Å². The van der Waals surface area contributed by atoms with E-state index < -0.39 is 0 Å². The second-order valence-electron chi connectivity index (χ2n) is 2.16. The molecule has 0 unspecified atom stereocenters. The van der Waals surface area contributed by atoms with Gasteiger partial charge in [-0.15, -0.1) is 6.58 Å². The van der Waals surface area contributed by atoms with Gasteiger partial charge in [0, 0.05) is 0 Å². The molecule has 0 amide bonds. The maximum atomic E-state index is 5.28. The summed E-state index contributed by atoms with van der Waals surface area (Å²) < 4.78 is 7.39. The number of rotatable bonds is 2. The van der Waals surface area contributed by atoms with E-state index in [1.165, 1.54) is 0 Å². The van der Waals surface area contributed by atoms with E-state index in [-0.39, 0.29) is 0 Å². The molecule has 1 rings (SSSR count). The molecular weight excluding hydrogens is 114 g/mol. The SMILES string of the molecule is C=CCC1=[N+](C)CCO1. The molecule has 0 radical (unpaired) electrons. The number of ether oxygens (including phenoxy) is 1. The molecule has 0 aromatic rings. The Kier molecular flexibility index (Phi) is 1.88. The van der Waals surface area contributed by atoms with Gasteiger partial charge in [0.05, 0.1) is 6.42 Å². The Labute approximate surface area is 55.5 Å². The average molecular weight is 126 g/mol. The van der Waals surface area contributed by atoms with E-state index in [1.807, 2.05) is 13.1 Å². The zero-order valence-corrected chi connectivity index (χ0v) is 5.76. The standard InChI is InChI=1S/C7H12NO/c1-3-4-7-8(2)5-6-9-7/h3H,1,4-6H2,2H3/q+1. The van der Waals surface area contributed by atoms with E-state index in [2.05, 4.69) is 11.2 Å². The van der Waals surface area contributed by atoms with Crippen LogP contribution in [0.3, 0.4) is 0 Å². The Balaban J connectivity index is 2.54. The van der Waals surface area contributed by atoms with Crippen LogP contribution in [0.4, 0.5) is 0 Å². The van der Waals surface area contributed by atoms with Gasteiger partial charge < -0.3 is 4.74 Å². The lowest BCUT2D eigenvalue weighted by Gasteiger charge is -1.89. The van der Waals surface area contributed by atoms with Gasteiger partial charge in [-0.05, 0) is 0 Å². The number of nitrogens with zero attached hydrogens (tertiary/aromatic N) is 1. The van der Waals surface area contributed by atoms with Crippen LogP contribution >= 0.6 is 0 Å². The highest BCUT2D eigenvalue weighted by Gasteiger charge is 2.17. The Bertz CT molecular complexity index is 149. The lowest BCUT2D eigenvalue weighted by atomic mass is 10.4. The van der Waals surface area contributed by atoms with Gasteiger partial charge in [0.2, 0.25) is 0 Å². The molecule has 0 atom stereocenters. The number of hydrogen-bond donors (Lipinski definition) is 0. The van der Waals surface area contributed by atoms with Crippen LogP contribution in [0.2, 0.25) is 0 Å². The molecule has 0 N–H and O–H groups in total. The molecule has 0 aromatic heterocycles. The predicted molar refractivity (Wildman–Crippen MR) is 36.8 cm³/mol. The van der Waals surface area contributed by atoms with Gasteiger partial charge in [-0.3, -0.25) is 0 Å². The molecule has 0 bridgehead atoms. The normalized spacial score (nSPS) is 17.9. The minimum Gasteiger partial charge on any atom is -0.441 e. The predicted octanol–water partition coefficient (Wildman–Crippen LogP) is 0.633. The van der Waals surface area contributed by atoms with Crippen LogP contribution in [-0.4, -0.2) is 30.7 Å². The first-order chi connectivity index (χ1) is 4.34. The molecule has 0 aromatic carbocycles. The first-order valence-electron chi connectivity index (χ1n) is 3.15. The highest BCUT2D eigenvalue weighted by atomic mass is 16.5. The van der Waals surface area contributed by atoms with Gasteiger partial charge in [-0.1, -0.05) is 6.08 Å². The topological polar surface area (TPSA) is 12.2 Å². The van der Waals surface area contributed by atoms with E-state index in [4.69, 9.17) is 4.74 Å². The molecular formula is C7H12NO+. The van der Waals surface area contributed by atoms with Crippen LogP contribution in [0.1, 0.15) is 6.42 Å². The van der Waals surface area contributed by atoms with E-state index in [0.717, 1.165) is 25.5 Å². The maximum absolute atomic E-state index is 5.28. The van der Waals surface area contributed by atoms with Crippen LogP contribution in [-0.2, 0) is 4.74 Å². The van der Waals surface area contributed by atoms with Crippen LogP contribution < -0.4 is 0 Å². The van der Waals surface area contributed by atoms with E-state index in [1.54, 1.807) is 0 Å². The highest BCUT2D eigenvalue weighted by Crippen LogP contribution is 1.96. The summed E-state index contributed by atoms with van der Waals surface area (Å²) in [5, 5.41) is 0. The van der Waals surface area contributed by atoms with Crippen molar-refractivity contribution >= 4 is 5.90 Å². The van der Waals surface area contributed by atoms with Gasteiger partial charge in [-0.2, -0.15) is 0 Å². The van der Waals surface area contributed by atoms with Gasteiger partial charge in [-0.25, -0.2) is 4.58 Å². The van der Waals surface area contributed by atoms with E-state index in [0.29, 0.717) is 0 Å². The van der Waals surface area contributed by atoms with Crippen LogP contribution in [0.15, 0.2) is 12.7 Å². The van der Waals surface area contributed by atoms with E-state index in [9.17, 15) is 0 Å². The fourth-order valence-corrected chi connectivity index (χ4v) is 0.874. The second kappa shape index (κ2) is 2.67. The molecule has 1 aliphatic heterocycles. The molecule has 0 saturated carbocycles. The molecule has 2 nitrogen and oxygen atoms in total. The average Bonchev–Trinajstić information content (AvgIpc) is 2.18. The van der Waals surface area contributed by atoms with Crippen LogP contribution in [0.25, 0.3) is 0 Å². The molecule has 9 heavy (non-hydrogen) atoms. The summed E-state index contributed by atoms with van der Waals surface area (Å²) in [4.78, 5) is 0. The quantitative estimate of drug-likeness (QED) is 0.390. The first kappa shape index (κ1) is 6.33. The highest BCUT2D eigenvalue weighted by molar-refractivity contribution is 5.73. The molecule has 1 heterocycles. The van der Waals surface area contributed by atoms with Crippen molar-refractivity contribution in [3.63, 3.8) is 0 Å². The van der Waals surface area contributed by atoms with Crippen molar-refractivity contribution in [2.75, 3.05) is 20.2 Å². The minimum absolute atomic E-state index is 0.833. The minimum atomic E-state index is 0.833. The lowest BCUT2D eigenvalue weighted by Crippen LogP contribution is -2.09. The fraction of sp³-hybridized carbons (Fsp3) is 0.571.